The highest BCUT2D eigenvalue weighted by atomic mass is 32.1. The van der Waals surface area contributed by atoms with Gasteiger partial charge in [0, 0.05) is 16.9 Å². The molecule has 0 bridgehead atoms. The zero-order chi connectivity index (χ0) is 15.9. The number of thiazole rings is 1. The Morgan fingerprint density at radius 1 is 1.36 bits per heavy atom. The van der Waals surface area contributed by atoms with Gasteiger partial charge in [-0.25, -0.2) is 4.98 Å². The number of aromatic nitrogens is 1. The van der Waals surface area contributed by atoms with Crippen molar-refractivity contribution in [1.82, 2.24) is 4.98 Å². The molecule has 3 N–H and O–H groups in total. The van der Waals surface area contributed by atoms with Crippen LogP contribution in [0.25, 0.3) is 11.3 Å². The third-order valence-corrected chi connectivity index (χ3v) is 4.19. The predicted octanol–water partition coefficient (Wildman–Crippen LogP) is 3.06. The van der Waals surface area contributed by atoms with Crippen molar-refractivity contribution in [2.45, 2.75) is 26.2 Å². The van der Waals surface area contributed by atoms with Gasteiger partial charge in [-0.3, -0.25) is 4.79 Å². The minimum Gasteiger partial charge on any atom is -0.497 e. The summed E-state index contributed by atoms with van der Waals surface area (Å²) in [6.07, 6.45) is 2.06. The number of nitrogens with one attached hydrogen (secondary N) is 1. The maximum absolute atomic E-state index is 11.7. The molecular formula is C16H21N3O2S. The first kappa shape index (κ1) is 16.5. The fraction of sp³-hybridized carbons (Fsp3) is 0.375. The van der Waals surface area contributed by atoms with Gasteiger partial charge in [0.25, 0.3) is 0 Å². The standard InChI is InChI=1S/C16H21N3O2S/c1-3-4-14(20)18-16-19-15(13(22-16)9-10-17)11-5-7-12(21-2)8-6-11/h5-8H,3-4,9-10,17H2,1-2H3,(H,18,19,20). The lowest BCUT2D eigenvalue weighted by atomic mass is 10.1. The Morgan fingerprint density at radius 3 is 2.68 bits per heavy atom. The summed E-state index contributed by atoms with van der Waals surface area (Å²) in [6, 6.07) is 7.73. The van der Waals surface area contributed by atoms with E-state index >= 15 is 0 Å². The fourth-order valence-electron chi connectivity index (χ4n) is 2.09. The summed E-state index contributed by atoms with van der Waals surface area (Å²) < 4.78 is 5.17. The lowest BCUT2D eigenvalue weighted by Crippen LogP contribution is -2.10. The summed E-state index contributed by atoms with van der Waals surface area (Å²) >= 11 is 1.49. The second-order valence-electron chi connectivity index (χ2n) is 4.86. The summed E-state index contributed by atoms with van der Waals surface area (Å²) in [6.45, 7) is 2.53. The monoisotopic (exact) mass is 319 g/mol. The Morgan fingerprint density at radius 2 is 2.09 bits per heavy atom. The van der Waals surface area contributed by atoms with Crippen molar-refractivity contribution in [2.24, 2.45) is 5.73 Å². The maximum Gasteiger partial charge on any atom is 0.226 e. The fourth-order valence-corrected chi connectivity index (χ4v) is 3.10. The number of hydrogen-bond donors (Lipinski definition) is 2. The molecule has 1 heterocycles. The van der Waals surface area contributed by atoms with E-state index in [1.807, 2.05) is 31.2 Å². The van der Waals surface area contributed by atoms with Crippen molar-refractivity contribution in [2.75, 3.05) is 19.0 Å². The van der Waals surface area contributed by atoms with E-state index in [1.165, 1.54) is 11.3 Å². The van der Waals surface area contributed by atoms with Gasteiger partial charge in [-0.05, 0) is 43.7 Å². The van der Waals surface area contributed by atoms with E-state index in [0.29, 0.717) is 18.1 Å². The second kappa shape index (κ2) is 7.91. The van der Waals surface area contributed by atoms with Gasteiger partial charge in [0.2, 0.25) is 5.91 Å². The van der Waals surface area contributed by atoms with Gasteiger partial charge in [0.15, 0.2) is 5.13 Å². The van der Waals surface area contributed by atoms with Crippen LogP contribution in [0.3, 0.4) is 0 Å². The molecule has 118 valence electrons. The Hall–Kier alpha value is -1.92. The van der Waals surface area contributed by atoms with Gasteiger partial charge in [-0.2, -0.15) is 0 Å². The topological polar surface area (TPSA) is 77.2 Å². The smallest absolute Gasteiger partial charge is 0.226 e. The van der Waals surface area contributed by atoms with E-state index in [-0.39, 0.29) is 5.91 Å². The summed E-state index contributed by atoms with van der Waals surface area (Å²) in [5.41, 5.74) is 7.56. The van der Waals surface area contributed by atoms with E-state index in [1.54, 1.807) is 7.11 Å². The average Bonchev–Trinajstić information content (AvgIpc) is 2.90. The number of nitrogens with two attached hydrogens (primary N) is 1. The molecule has 0 aliphatic rings. The Labute approximate surface area is 134 Å². The van der Waals surface area contributed by atoms with Crippen molar-refractivity contribution >= 4 is 22.4 Å². The van der Waals surface area contributed by atoms with Crippen molar-refractivity contribution in [3.63, 3.8) is 0 Å². The summed E-state index contributed by atoms with van der Waals surface area (Å²) in [5, 5.41) is 3.49. The number of benzene rings is 1. The van der Waals surface area contributed by atoms with Crippen molar-refractivity contribution < 1.29 is 9.53 Å². The molecule has 22 heavy (non-hydrogen) atoms. The lowest BCUT2D eigenvalue weighted by Gasteiger charge is -2.03. The van der Waals surface area contributed by atoms with Gasteiger partial charge in [-0.1, -0.05) is 6.92 Å². The van der Waals surface area contributed by atoms with Crippen LogP contribution in [0.2, 0.25) is 0 Å². The molecule has 6 heteroatoms. The number of amides is 1. The predicted molar refractivity (Wildman–Crippen MR) is 90.4 cm³/mol. The van der Waals surface area contributed by atoms with Crippen LogP contribution in [-0.2, 0) is 11.2 Å². The highest BCUT2D eigenvalue weighted by Gasteiger charge is 2.14. The number of carbonyl (C=O) groups excluding carboxylic acids is 1. The van der Waals surface area contributed by atoms with E-state index in [9.17, 15) is 4.79 Å². The van der Waals surface area contributed by atoms with Crippen LogP contribution < -0.4 is 15.8 Å². The molecule has 0 saturated carbocycles. The first-order valence-corrected chi connectivity index (χ1v) is 8.13. The third kappa shape index (κ3) is 4.05. The van der Waals surface area contributed by atoms with E-state index in [0.717, 1.165) is 34.7 Å². The number of methoxy groups -OCH3 is 1. The van der Waals surface area contributed by atoms with Gasteiger partial charge < -0.3 is 15.8 Å². The molecule has 0 unspecified atom stereocenters. The number of anilines is 1. The second-order valence-corrected chi connectivity index (χ2v) is 5.94. The SMILES string of the molecule is CCCC(=O)Nc1nc(-c2ccc(OC)cc2)c(CCN)s1. The molecule has 2 rings (SSSR count). The lowest BCUT2D eigenvalue weighted by molar-refractivity contribution is -0.116. The van der Waals surface area contributed by atoms with Crippen molar-refractivity contribution in [3.8, 4) is 17.0 Å². The Balaban J connectivity index is 2.27. The van der Waals surface area contributed by atoms with Crippen LogP contribution in [0.5, 0.6) is 5.75 Å². The van der Waals surface area contributed by atoms with Crippen LogP contribution in [0.15, 0.2) is 24.3 Å². The zero-order valence-electron chi connectivity index (χ0n) is 12.9. The maximum atomic E-state index is 11.7. The molecule has 0 saturated heterocycles. The molecule has 2 aromatic rings. The first-order chi connectivity index (χ1) is 10.7. The molecule has 0 fully saturated rings. The molecule has 0 aliphatic heterocycles. The van der Waals surface area contributed by atoms with Crippen LogP contribution in [-0.4, -0.2) is 24.5 Å². The normalized spacial score (nSPS) is 10.5. The summed E-state index contributed by atoms with van der Waals surface area (Å²) in [4.78, 5) is 17.4. The summed E-state index contributed by atoms with van der Waals surface area (Å²) in [7, 11) is 1.64. The number of rotatable bonds is 7. The van der Waals surface area contributed by atoms with Gasteiger partial charge in [-0.15, -0.1) is 11.3 Å². The molecule has 0 spiro atoms. The largest absolute Gasteiger partial charge is 0.497 e. The molecule has 1 amide bonds. The molecular weight excluding hydrogens is 298 g/mol. The number of carbonyl (C=O) groups is 1. The van der Waals surface area contributed by atoms with E-state index < -0.39 is 0 Å². The Bertz CT molecular complexity index is 623. The van der Waals surface area contributed by atoms with Crippen LogP contribution in [0, 0.1) is 0 Å². The summed E-state index contributed by atoms with van der Waals surface area (Å²) in [5.74, 6) is 0.799. The quantitative estimate of drug-likeness (QED) is 0.822. The number of nitrogens with zero attached hydrogens (tertiary/aromatic N) is 1. The average molecular weight is 319 g/mol. The molecule has 0 atom stereocenters. The van der Waals surface area contributed by atoms with Crippen LogP contribution in [0.1, 0.15) is 24.6 Å². The van der Waals surface area contributed by atoms with Crippen molar-refractivity contribution in [3.05, 3.63) is 29.1 Å². The molecule has 0 radical (unpaired) electrons. The van der Waals surface area contributed by atoms with E-state index in [2.05, 4.69) is 10.3 Å². The van der Waals surface area contributed by atoms with E-state index in [4.69, 9.17) is 10.5 Å². The Kier molecular flexibility index (Phi) is 5.91. The van der Waals surface area contributed by atoms with Gasteiger partial charge >= 0.3 is 0 Å². The number of hydrogen-bond acceptors (Lipinski definition) is 5. The third-order valence-electron chi connectivity index (χ3n) is 3.16. The molecule has 1 aromatic heterocycles. The van der Waals surface area contributed by atoms with Gasteiger partial charge in [0.05, 0.1) is 12.8 Å². The first-order valence-electron chi connectivity index (χ1n) is 7.32. The molecule has 5 nitrogen and oxygen atoms in total. The number of ether oxygens (including phenoxy) is 1. The van der Waals surface area contributed by atoms with Crippen LogP contribution in [0.4, 0.5) is 5.13 Å². The van der Waals surface area contributed by atoms with Crippen molar-refractivity contribution in [1.29, 1.82) is 0 Å². The zero-order valence-corrected chi connectivity index (χ0v) is 13.7. The highest BCUT2D eigenvalue weighted by Crippen LogP contribution is 2.32. The van der Waals surface area contributed by atoms with Gasteiger partial charge in [0.1, 0.15) is 5.75 Å². The minimum absolute atomic E-state index is 0.00294. The van der Waals surface area contributed by atoms with Crippen LogP contribution >= 0.6 is 11.3 Å². The molecule has 0 aliphatic carbocycles. The highest BCUT2D eigenvalue weighted by molar-refractivity contribution is 7.16. The minimum atomic E-state index is -0.00294. The molecule has 1 aromatic carbocycles.